The third-order valence-corrected chi connectivity index (χ3v) is 2.56. The molecule has 100 valence electrons. The Kier molecular flexibility index (Phi) is 5.12. The predicted molar refractivity (Wildman–Crippen MR) is 64.1 cm³/mol. The van der Waals surface area contributed by atoms with E-state index < -0.39 is 11.7 Å². The van der Waals surface area contributed by atoms with Gasteiger partial charge in [-0.25, -0.2) is 5.01 Å². The Labute approximate surface area is 104 Å². The minimum Gasteiger partial charge on any atom is -0.229 e. The molecule has 0 aliphatic carbocycles. The zero-order valence-corrected chi connectivity index (χ0v) is 10.1. The summed E-state index contributed by atoms with van der Waals surface area (Å²) in [4.78, 5) is 10.6. The highest BCUT2D eigenvalue weighted by Crippen LogP contribution is 2.30. The number of anilines is 1. The molecule has 0 aliphatic heterocycles. The fraction of sp³-hybridized carbons (Fsp3) is 0.500. The summed E-state index contributed by atoms with van der Waals surface area (Å²) in [6.45, 7) is 2.44. The van der Waals surface area contributed by atoms with Crippen molar-refractivity contribution in [1.82, 2.24) is 0 Å². The topological polar surface area (TPSA) is 32.7 Å². The van der Waals surface area contributed by atoms with Crippen molar-refractivity contribution >= 4 is 5.69 Å². The number of benzene rings is 1. The summed E-state index contributed by atoms with van der Waals surface area (Å²) in [6, 6.07) is 4.42. The smallest absolute Gasteiger partial charge is 0.229 e. The van der Waals surface area contributed by atoms with Crippen LogP contribution in [0.15, 0.2) is 29.6 Å². The molecule has 0 heterocycles. The van der Waals surface area contributed by atoms with E-state index in [1.165, 1.54) is 17.1 Å². The van der Waals surface area contributed by atoms with Crippen molar-refractivity contribution in [2.24, 2.45) is 5.29 Å². The number of alkyl halides is 3. The van der Waals surface area contributed by atoms with Crippen LogP contribution in [-0.4, -0.2) is 6.54 Å². The van der Waals surface area contributed by atoms with Crippen molar-refractivity contribution in [3.05, 3.63) is 34.7 Å². The number of nitrogens with zero attached hydrogens (tertiary/aromatic N) is 2. The zero-order chi connectivity index (χ0) is 13.6. The summed E-state index contributed by atoms with van der Waals surface area (Å²) in [5.74, 6) is 0. The number of nitroso groups, excluding NO2 is 1. The summed E-state index contributed by atoms with van der Waals surface area (Å²) in [5.41, 5.74) is -0.347. The molecule has 0 saturated carbocycles. The Bertz CT molecular complexity index is 376. The van der Waals surface area contributed by atoms with Gasteiger partial charge in [0, 0.05) is 6.54 Å². The van der Waals surface area contributed by atoms with Gasteiger partial charge in [-0.3, -0.25) is 0 Å². The molecule has 1 aromatic carbocycles. The number of halogens is 3. The van der Waals surface area contributed by atoms with E-state index in [0.29, 0.717) is 12.2 Å². The Morgan fingerprint density at radius 1 is 1.17 bits per heavy atom. The number of hydrogen-bond donors (Lipinski definition) is 0. The monoisotopic (exact) mass is 260 g/mol. The molecule has 1 aromatic rings. The summed E-state index contributed by atoms with van der Waals surface area (Å²) in [6.07, 6.45) is -1.63. The van der Waals surface area contributed by atoms with Gasteiger partial charge in [-0.15, -0.1) is 4.91 Å². The molecule has 0 aliphatic rings. The highest BCUT2D eigenvalue weighted by atomic mass is 19.4. The summed E-state index contributed by atoms with van der Waals surface area (Å²) < 4.78 is 37.1. The lowest BCUT2D eigenvalue weighted by molar-refractivity contribution is -0.137. The first-order valence-corrected chi connectivity index (χ1v) is 5.77. The van der Waals surface area contributed by atoms with Gasteiger partial charge in [0.1, 0.15) is 0 Å². The molecule has 0 unspecified atom stereocenters. The van der Waals surface area contributed by atoms with Gasteiger partial charge in [0.2, 0.25) is 0 Å². The summed E-state index contributed by atoms with van der Waals surface area (Å²) in [5, 5.41) is 4.00. The van der Waals surface area contributed by atoms with Gasteiger partial charge in [0.05, 0.1) is 16.5 Å². The molecule has 0 radical (unpaired) electrons. The SMILES string of the molecule is CCCCCN(N=O)c1ccc(C(F)(F)F)cc1. The highest BCUT2D eigenvalue weighted by molar-refractivity contribution is 5.47. The first kappa shape index (κ1) is 14.5. The average Bonchev–Trinajstić information content (AvgIpc) is 2.34. The van der Waals surface area contributed by atoms with E-state index in [4.69, 9.17) is 0 Å². The standard InChI is InChI=1S/C12H15F3N2O/c1-2-3-4-9-17(16-18)11-7-5-10(6-8-11)12(13,14)15/h5-8H,2-4,9H2,1H3. The lowest BCUT2D eigenvalue weighted by Crippen LogP contribution is -2.17. The van der Waals surface area contributed by atoms with E-state index in [0.717, 1.165) is 31.4 Å². The van der Waals surface area contributed by atoms with E-state index in [1.54, 1.807) is 0 Å². The Morgan fingerprint density at radius 2 is 1.78 bits per heavy atom. The fourth-order valence-corrected chi connectivity index (χ4v) is 1.55. The lowest BCUT2D eigenvalue weighted by Gasteiger charge is -2.15. The Balaban J connectivity index is 2.73. The number of hydrogen-bond acceptors (Lipinski definition) is 2. The van der Waals surface area contributed by atoms with Crippen LogP contribution < -0.4 is 5.01 Å². The van der Waals surface area contributed by atoms with Crippen molar-refractivity contribution in [3.63, 3.8) is 0 Å². The summed E-state index contributed by atoms with van der Waals surface area (Å²) in [7, 11) is 0. The number of rotatable bonds is 6. The molecule has 0 aromatic heterocycles. The van der Waals surface area contributed by atoms with Gasteiger partial charge in [0.15, 0.2) is 0 Å². The molecule has 0 fully saturated rings. The van der Waals surface area contributed by atoms with Crippen LogP contribution in [0, 0.1) is 4.91 Å². The predicted octanol–water partition coefficient (Wildman–Crippen LogP) is 4.38. The number of unbranched alkanes of at least 4 members (excludes halogenated alkanes) is 2. The van der Waals surface area contributed by atoms with Gasteiger partial charge in [-0.2, -0.15) is 13.2 Å². The van der Waals surface area contributed by atoms with Gasteiger partial charge in [-0.05, 0) is 30.7 Å². The molecule has 6 heteroatoms. The van der Waals surface area contributed by atoms with Crippen LogP contribution in [-0.2, 0) is 6.18 Å². The maximum absolute atomic E-state index is 12.4. The highest BCUT2D eigenvalue weighted by Gasteiger charge is 2.30. The normalized spacial score (nSPS) is 11.3. The van der Waals surface area contributed by atoms with Crippen LogP contribution in [0.1, 0.15) is 31.7 Å². The molecule has 0 N–H and O–H groups in total. The van der Waals surface area contributed by atoms with Crippen LogP contribution >= 0.6 is 0 Å². The van der Waals surface area contributed by atoms with Crippen molar-refractivity contribution < 1.29 is 13.2 Å². The molecule has 0 bridgehead atoms. The maximum atomic E-state index is 12.4. The second-order valence-corrected chi connectivity index (χ2v) is 3.96. The van der Waals surface area contributed by atoms with Crippen molar-refractivity contribution in [2.75, 3.05) is 11.6 Å². The molecule has 0 saturated heterocycles. The lowest BCUT2D eigenvalue weighted by atomic mass is 10.2. The maximum Gasteiger partial charge on any atom is 0.416 e. The minimum absolute atomic E-state index is 0.383. The van der Waals surface area contributed by atoms with Crippen LogP contribution in [0.2, 0.25) is 0 Å². The first-order valence-electron chi connectivity index (χ1n) is 5.77. The van der Waals surface area contributed by atoms with E-state index >= 15 is 0 Å². The van der Waals surface area contributed by atoms with E-state index in [-0.39, 0.29) is 0 Å². The van der Waals surface area contributed by atoms with Gasteiger partial charge in [-0.1, -0.05) is 19.8 Å². The molecule has 0 amide bonds. The fourth-order valence-electron chi connectivity index (χ4n) is 1.55. The molecule has 0 spiro atoms. The first-order chi connectivity index (χ1) is 8.49. The molecule has 18 heavy (non-hydrogen) atoms. The molecular formula is C12H15F3N2O. The largest absolute Gasteiger partial charge is 0.416 e. The van der Waals surface area contributed by atoms with Gasteiger partial charge in [0.25, 0.3) is 0 Å². The van der Waals surface area contributed by atoms with Crippen LogP contribution in [0.4, 0.5) is 18.9 Å². The quantitative estimate of drug-likeness (QED) is 0.432. The van der Waals surface area contributed by atoms with E-state index in [1.807, 2.05) is 6.92 Å². The third-order valence-electron chi connectivity index (χ3n) is 2.56. The van der Waals surface area contributed by atoms with Crippen LogP contribution in [0.5, 0.6) is 0 Å². The van der Waals surface area contributed by atoms with Crippen molar-refractivity contribution in [1.29, 1.82) is 0 Å². The summed E-state index contributed by atoms with van der Waals surface area (Å²) >= 11 is 0. The Hall–Kier alpha value is -1.59. The third kappa shape index (κ3) is 4.01. The second kappa shape index (κ2) is 6.37. The molecular weight excluding hydrogens is 245 g/mol. The van der Waals surface area contributed by atoms with Crippen LogP contribution in [0.25, 0.3) is 0 Å². The van der Waals surface area contributed by atoms with Gasteiger partial charge >= 0.3 is 6.18 Å². The Morgan fingerprint density at radius 3 is 2.22 bits per heavy atom. The average molecular weight is 260 g/mol. The molecule has 1 rings (SSSR count). The van der Waals surface area contributed by atoms with Gasteiger partial charge < -0.3 is 0 Å². The van der Waals surface area contributed by atoms with Crippen molar-refractivity contribution in [2.45, 2.75) is 32.4 Å². The van der Waals surface area contributed by atoms with Crippen LogP contribution in [0.3, 0.4) is 0 Å². The van der Waals surface area contributed by atoms with Crippen molar-refractivity contribution in [3.8, 4) is 0 Å². The van der Waals surface area contributed by atoms with E-state index in [2.05, 4.69) is 5.29 Å². The zero-order valence-electron chi connectivity index (χ0n) is 10.1. The minimum atomic E-state index is -4.36. The second-order valence-electron chi connectivity index (χ2n) is 3.96. The van der Waals surface area contributed by atoms with E-state index in [9.17, 15) is 18.1 Å². The molecule has 3 nitrogen and oxygen atoms in total. The molecule has 0 atom stereocenters.